The van der Waals surface area contributed by atoms with Crippen molar-refractivity contribution in [2.45, 2.75) is 20.8 Å². The van der Waals surface area contributed by atoms with Crippen LogP contribution in [0.1, 0.15) is 43.4 Å². The van der Waals surface area contributed by atoms with Crippen LogP contribution < -0.4 is 5.43 Å². The SMILES string of the molecule is COC(=O)c1ccc(-n2c(C)cc(/C=N\NC(=O)c3ccco3)c2C)c(C)c1. The van der Waals surface area contributed by atoms with Gasteiger partial charge in [0.05, 0.1) is 25.2 Å². The first-order chi connectivity index (χ1) is 13.4. The predicted octanol–water partition coefficient (Wildman–Crippen LogP) is 3.55. The first kappa shape index (κ1) is 19.2. The Morgan fingerprint density at radius 1 is 1.18 bits per heavy atom. The molecule has 0 saturated heterocycles. The molecule has 0 atom stereocenters. The molecular weight excluding hydrogens is 358 g/mol. The lowest BCUT2D eigenvalue weighted by Gasteiger charge is -2.13. The van der Waals surface area contributed by atoms with Crippen LogP contribution in [0.15, 0.2) is 52.2 Å². The third-order valence-corrected chi connectivity index (χ3v) is 4.44. The highest BCUT2D eigenvalue weighted by Gasteiger charge is 2.14. The molecule has 1 amide bonds. The average molecular weight is 379 g/mol. The molecule has 2 aromatic heterocycles. The number of hydrazone groups is 1. The average Bonchev–Trinajstić information content (AvgIpc) is 3.30. The van der Waals surface area contributed by atoms with Gasteiger partial charge in [0, 0.05) is 22.6 Å². The molecule has 0 aliphatic rings. The molecule has 0 fully saturated rings. The van der Waals surface area contributed by atoms with E-state index in [0.717, 1.165) is 28.2 Å². The molecule has 0 spiro atoms. The van der Waals surface area contributed by atoms with Crippen LogP contribution in [0, 0.1) is 20.8 Å². The Balaban J connectivity index is 1.85. The van der Waals surface area contributed by atoms with Crippen molar-refractivity contribution in [2.75, 3.05) is 7.11 Å². The summed E-state index contributed by atoms with van der Waals surface area (Å²) in [6.45, 7) is 5.90. The number of aryl methyl sites for hydroxylation is 2. The summed E-state index contributed by atoms with van der Waals surface area (Å²) in [7, 11) is 1.36. The Morgan fingerprint density at radius 2 is 1.96 bits per heavy atom. The van der Waals surface area contributed by atoms with Crippen LogP contribution in [0.5, 0.6) is 0 Å². The topological polar surface area (TPSA) is 85.8 Å². The lowest BCUT2D eigenvalue weighted by atomic mass is 10.1. The molecular formula is C21H21N3O4. The summed E-state index contributed by atoms with van der Waals surface area (Å²) in [5, 5.41) is 4.02. The second-order valence-electron chi connectivity index (χ2n) is 6.33. The van der Waals surface area contributed by atoms with Crippen LogP contribution in [0.25, 0.3) is 5.69 Å². The highest BCUT2D eigenvalue weighted by atomic mass is 16.5. The molecule has 28 heavy (non-hydrogen) atoms. The van der Waals surface area contributed by atoms with Gasteiger partial charge in [-0.2, -0.15) is 5.10 Å². The van der Waals surface area contributed by atoms with Crippen molar-refractivity contribution < 1.29 is 18.7 Å². The van der Waals surface area contributed by atoms with Gasteiger partial charge < -0.3 is 13.7 Å². The van der Waals surface area contributed by atoms with Crippen LogP contribution in [0.3, 0.4) is 0 Å². The van der Waals surface area contributed by atoms with Crippen molar-refractivity contribution in [2.24, 2.45) is 5.10 Å². The largest absolute Gasteiger partial charge is 0.465 e. The molecule has 0 unspecified atom stereocenters. The molecule has 3 aromatic rings. The maximum absolute atomic E-state index is 11.9. The maximum atomic E-state index is 11.9. The number of carbonyl (C=O) groups is 2. The Kier molecular flexibility index (Phi) is 5.44. The quantitative estimate of drug-likeness (QED) is 0.417. The Hall–Kier alpha value is -3.61. The summed E-state index contributed by atoms with van der Waals surface area (Å²) in [6.07, 6.45) is 3.03. The van der Waals surface area contributed by atoms with Crippen LogP contribution >= 0.6 is 0 Å². The van der Waals surface area contributed by atoms with E-state index in [1.54, 1.807) is 30.5 Å². The fourth-order valence-electron chi connectivity index (χ4n) is 3.06. The van der Waals surface area contributed by atoms with Gasteiger partial charge in [-0.05, 0) is 62.7 Å². The minimum atomic E-state index is -0.413. The smallest absolute Gasteiger partial charge is 0.337 e. The van der Waals surface area contributed by atoms with E-state index < -0.39 is 5.91 Å². The summed E-state index contributed by atoms with van der Waals surface area (Å²) in [5.74, 6) is -0.580. The van der Waals surface area contributed by atoms with E-state index in [1.807, 2.05) is 32.9 Å². The van der Waals surface area contributed by atoms with Gasteiger partial charge >= 0.3 is 11.9 Å². The van der Waals surface area contributed by atoms with E-state index in [-0.39, 0.29) is 11.7 Å². The molecule has 7 nitrogen and oxygen atoms in total. The molecule has 3 rings (SSSR count). The number of benzene rings is 1. The summed E-state index contributed by atoms with van der Waals surface area (Å²) in [4.78, 5) is 23.6. The van der Waals surface area contributed by atoms with Crippen molar-refractivity contribution in [3.8, 4) is 5.69 Å². The van der Waals surface area contributed by atoms with E-state index in [4.69, 9.17) is 9.15 Å². The van der Waals surface area contributed by atoms with E-state index in [2.05, 4.69) is 15.1 Å². The van der Waals surface area contributed by atoms with E-state index in [1.165, 1.54) is 13.4 Å². The zero-order valence-corrected chi connectivity index (χ0v) is 16.1. The zero-order chi connectivity index (χ0) is 20.3. The van der Waals surface area contributed by atoms with Gasteiger partial charge in [0.25, 0.3) is 0 Å². The van der Waals surface area contributed by atoms with Crippen LogP contribution in [-0.4, -0.2) is 29.8 Å². The van der Waals surface area contributed by atoms with Crippen LogP contribution in [0.4, 0.5) is 0 Å². The zero-order valence-electron chi connectivity index (χ0n) is 16.1. The number of amides is 1. The number of esters is 1. The fraction of sp³-hybridized carbons (Fsp3) is 0.190. The van der Waals surface area contributed by atoms with Crippen molar-refractivity contribution in [1.82, 2.24) is 9.99 Å². The number of furan rings is 1. The minimum absolute atomic E-state index is 0.198. The second-order valence-corrected chi connectivity index (χ2v) is 6.33. The number of ether oxygens (including phenoxy) is 1. The summed E-state index contributed by atoms with van der Waals surface area (Å²) in [5.41, 5.74) is 7.69. The van der Waals surface area contributed by atoms with Gasteiger partial charge in [-0.1, -0.05) is 0 Å². The molecule has 2 heterocycles. The third-order valence-electron chi connectivity index (χ3n) is 4.44. The maximum Gasteiger partial charge on any atom is 0.337 e. The first-order valence-corrected chi connectivity index (χ1v) is 8.67. The number of nitrogens with zero attached hydrogens (tertiary/aromatic N) is 2. The van der Waals surface area contributed by atoms with Gasteiger partial charge in [0.15, 0.2) is 5.76 Å². The van der Waals surface area contributed by atoms with E-state index in [9.17, 15) is 9.59 Å². The highest BCUT2D eigenvalue weighted by Crippen LogP contribution is 2.23. The lowest BCUT2D eigenvalue weighted by Crippen LogP contribution is -2.16. The summed E-state index contributed by atoms with van der Waals surface area (Å²) < 4.78 is 11.9. The summed E-state index contributed by atoms with van der Waals surface area (Å²) in [6, 6.07) is 10.6. The van der Waals surface area contributed by atoms with Gasteiger partial charge in [-0.3, -0.25) is 4.79 Å². The number of rotatable bonds is 5. The molecule has 0 aliphatic carbocycles. The Morgan fingerprint density at radius 3 is 2.61 bits per heavy atom. The number of methoxy groups -OCH3 is 1. The Bertz CT molecular complexity index is 1050. The molecule has 7 heteroatoms. The molecule has 0 bridgehead atoms. The fourth-order valence-corrected chi connectivity index (χ4v) is 3.06. The van der Waals surface area contributed by atoms with E-state index >= 15 is 0 Å². The van der Waals surface area contributed by atoms with Crippen molar-refractivity contribution >= 4 is 18.1 Å². The molecule has 0 saturated carbocycles. The van der Waals surface area contributed by atoms with Crippen LogP contribution in [0.2, 0.25) is 0 Å². The van der Waals surface area contributed by atoms with Gasteiger partial charge in [-0.15, -0.1) is 0 Å². The van der Waals surface area contributed by atoms with Crippen molar-refractivity contribution in [3.63, 3.8) is 0 Å². The number of aromatic nitrogens is 1. The van der Waals surface area contributed by atoms with Gasteiger partial charge in [-0.25, -0.2) is 10.2 Å². The van der Waals surface area contributed by atoms with Crippen LogP contribution in [-0.2, 0) is 4.74 Å². The van der Waals surface area contributed by atoms with E-state index in [0.29, 0.717) is 5.56 Å². The number of nitrogens with one attached hydrogen (secondary N) is 1. The molecule has 0 aliphatic heterocycles. The number of hydrogen-bond acceptors (Lipinski definition) is 5. The number of hydrogen-bond donors (Lipinski definition) is 1. The van der Waals surface area contributed by atoms with Crippen molar-refractivity contribution in [1.29, 1.82) is 0 Å². The minimum Gasteiger partial charge on any atom is -0.465 e. The highest BCUT2D eigenvalue weighted by molar-refractivity contribution is 5.92. The molecule has 1 aromatic carbocycles. The Labute approximate surface area is 162 Å². The normalized spacial score (nSPS) is 11.0. The van der Waals surface area contributed by atoms with Crippen molar-refractivity contribution in [3.05, 3.63) is 76.5 Å². The molecule has 144 valence electrons. The third kappa shape index (κ3) is 3.73. The number of carbonyl (C=O) groups excluding carboxylic acids is 2. The monoisotopic (exact) mass is 379 g/mol. The second kappa shape index (κ2) is 7.96. The lowest BCUT2D eigenvalue weighted by molar-refractivity contribution is 0.0600. The molecule has 0 radical (unpaired) electrons. The van der Waals surface area contributed by atoms with Gasteiger partial charge in [0.1, 0.15) is 0 Å². The first-order valence-electron chi connectivity index (χ1n) is 8.67. The predicted molar refractivity (Wildman–Crippen MR) is 105 cm³/mol. The standard InChI is InChI=1S/C21H21N3O4/c1-13-10-16(21(26)27-4)7-8-18(13)24-14(2)11-17(15(24)3)12-22-23-20(25)19-6-5-9-28-19/h5-12H,1-4H3,(H,23,25)/b22-12-. The summed E-state index contributed by atoms with van der Waals surface area (Å²) >= 11 is 0. The van der Waals surface area contributed by atoms with Gasteiger partial charge in [0.2, 0.25) is 0 Å². The molecule has 1 N–H and O–H groups in total.